The van der Waals surface area contributed by atoms with Gasteiger partial charge in [0.15, 0.2) is 0 Å². The van der Waals surface area contributed by atoms with E-state index in [1.165, 1.54) is 0 Å². The lowest BCUT2D eigenvalue weighted by Crippen LogP contribution is -2.16. The average Bonchev–Trinajstić information content (AvgIpc) is 3.07. The standard InChI is InChI=1S/C17H20N2O3/c1-20-17-7-6-13(11-19-17)10-18-15-4-2-3-5-16(15)22-14-8-9-21-12-14/h2-7,11,14,18H,8-10,12H2,1H3. The molecule has 0 radical (unpaired) electrons. The van der Waals surface area contributed by atoms with Crippen molar-refractivity contribution in [2.45, 2.75) is 19.1 Å². The highest BCUT2D eigenvalue weighted by atomic mass is 16.5. The van der Waals surface area contributed by atoms with Crippen LogP contribution in [0.5, 0.6) is 11.6 Å². The number of rotatable bonds is 6. The van der Waals surface area contributed by atoms with E-state index in [0.717, 1.165) is 30.0 Å². The maximum atomic E-state index is 6.01. The Morgan fingerprint density at radius 3 is 2.91 bits per heavy atom. The number of nitrogens with one attached hydrogen (secondary N) is 1. The fourth-order valence-electron chi connectivity index (χ4n) is 2.33. The number of ether oxygens (including phenoxy) is 3. The maximum absolute atomic E-state index is 6.01. The van der Waals surface area contributed by atoms with Gasteiger partial charge in [-0.15, -0.1) is 0 Å². The molecule has 0 saturated carbocycles. The number of pyridine rings is 1. The summed E-state index contributed by atoms with van der Waals surface area (Å²) in [5.41, 5.74) is 2.06. The molecule has 3 rings (SSSR count). The summed E-state index contributed by atoms with van der Waals surface area (Å²) in [6.45, 7) is 2.12. The average molecular weight is 300 g/mol. The zero-order valence-electron chi connectivity index (χ0n) is 12.6. The molecule has 0 amide bonds. The molecule has 1 N–H and O–H groups in total. The molecule has 5 nitrogen and oxygen atoms in total. The number of benzene rings is 1. The minimum atomic E-state index is 0.144. The van der Waals surface area contributed by atoms with Crippen LogP contribution in [0, 0.1) is 0 Å². The summed E-state index contributed by atoms with van der Waals surface area (Å²) in [5.74, 6) is 1.48. The van der Waals surface area contributed by atoms with Gasteiger partial charge >= 0.3 is 0 Å². The Kier molecular flexibility index (Phi) is 4.75. The zero-order chi connectivity index (χ0) is 15.2. The number of nitrogens with zero attached hydrogens (tertiary/aromatic N) is 1. The Morgan fingerprint density at radius 2 is 2.18 bits per heavy atom. The van der Waals surface area contributed by atoms with Crippen molar-refractivity contribution in [1.82, 2.24) is 4.98 Å². The van der Waals surface area contributed by atoms with Crippen LogP contribution in [-0.2, 0) is 11.3 Å². The summed E-state index contributed by atoms with van der Waals surface area (Å²) in [7, 11) is 1.61. The van der Waals surface area contributed by atoms with Gasteiger partial charge in [0.2, 0.25) is 5.88 Å². The Morgan fingerprint density at radius 1 is 1.27 bits per heavy atom. The van der Waals surface area contributed by atoms with E-state index in [1.807, 2.05) is 36.4 Å². The highest BCUT2D eigenvalue weighted by Crippen LogP contribution is 2.27. The number of hydrogen-bond acceptors (Lipinski definition) is 5. The van der Waals surface area contributed by atoms with Crippen LogP contribution in [-0.4, -0.2) is 31.4 Å². The van der Waals surface area contributed by atoms with Crippen LogP contribution in [0.3, 0.4) is 0 Å². The molecule has 22 heavy (non-hydrogen) atoms. The third-order valence-corrected chi connectivity index (χ3v) is 3.56. The number of methoxy groups -OCH3 is 1. The molecule has 2 aromatic rings. The summed E-state index contributed by atoms with van der Waals surface area (Å²) in [5, 5.41) is 3.39. The second-order valence-corrected chi connectivity index (χ2v) is 5.16. The van der Waals surface area contributed by atoms with Gasteiger partial charge in [-0.2, -0.15) is 0 Å². The van der Waals surface area contributed by atoms with Crippen molar-refractivity contribution in [1.29, 1.82) is 0 Å². The molecule has 0 bridgehead atoms. The van der Waals surface area contributed by atoms with Gasteiger partial charge in [0.1, 0.15) is 11.9 Å². The van der Waals surface area contributed by atoms with E-state index in [4.69, 9.17) is 14.2 Å². The van der Waals surface area contributed by atoms with Gasteiger partial charge < -0.3 is 19.5 Å². The quantitative estimate of drug-likeness (QED) is 0.889. The topological polar surface area (TPSA) is 52.6 Å². The van der Waals surface area contributed by atoms with Gasteiger partial charge in [-0.25, -0.2) is 4.98 Å². The Hall–Kier alpha value is -2.27. The van der Waals surface area contributed by atoms with E-state index in [2.05, 4.69) is 10.3 Å². The first-order valence-electron chi connectivity index (χ1n) is 7.41. The normalized spacial score (nSPS) is 17.2. The largest absolute Gasteiger partial charge is 0.486 e. The summed E-state index contributed by atoms with van der Waals surface area (Å²) in [6.07, 6.45) is 2.89. The van der Waals surface area contributed by atoms with Gasteiger partial charge in [0, 0.05) is 25.2 Å². The van der Waals surface area contributed by atoms with Crippen LogP contribution in [0.1, 0.15) is 12.0 Å². The molecule has 1 aliphatic rings. The molecule has 1 aromatic carbocycles. The highest BCUT2D eigenvalue weighted by Gasteiger charge is 2.18. The Bertz CT molecular complexity index is 595. The van der Waals surface area contributed by atoms with E-state index in [9.17, 15) is 0 Å². The second kappa shape index (κ2) is 7.13. The van der Waals surface area contributed by atoms with E-state index in [1.54, 1.807) is 13.3 Å². The molecule has 5 heteroatoms. The third-order valence-electron chi connectivity index (χ3n) is 3.56. The first-order chi connectivity index (χ1) is 10.8. The van der Waals surface area contributed by atoms with Gasteiger partial charge in [0.05, 0.1) is 26.0 Å². The summed E-state index contributed by atoms with van der Waals surface area (Å²) in [4.78, 5) is 4.21. The van der Waals surface area contributed by atoms with Gasteiger partial charge in [0.25, 0.3) is 0 Å². The van der Waals surface area contributed by atoms with Crippen molar-refractivity contribution in [3.63, 3.8) is 0 Å². The number of anilines is 1. The molecule has 1 aliphatic heterocycles. The minimum Gasteiger partial charge on any atom is -0.486 e. The zero-order valence-corrected chi connectivity index (χ0v) is 12.6. The van der Waals surface area contributed by atoms with E-state index in [0.29, 0.717) is 19.0 Å². The molecular formula is C17H20N2O3. The van der Waals surface area contributed by atoms with E-state index < -0.39 is 0 Å². The van der Waals surface area contributed by atoms with Crippen LogP contribution >= 0.6 is 0 Å². The number of hydrogen-bond donors (Lipinski definition) is 1. The molecule has 1 fully saturated rings. The van der Waals surface area contributed by atoms with Gasteiger partial charge in [-0.1, -0.05) is 18.2 Å². The lowest BCUT2D eigenvalue weighted by atomic mass is 10.2. The SMILES string of the molecule is COc1ccc(CNc2ccccc2OC2CCOC2)cn1. The Balaban J connectivity index is 1.63. The molecule has 1 saturated heterocycles. The summed E-state index contributed by atoms with van der Waals surface area (Å²) < 4.78 is 16.4. The third kappa shape index (κ3) is 3.68. The van der Waals surface area contributed by atoms with Crippen LogP contribution in [0.2, 0.25) is 0 Å². The van der Waals surface area contributed by atoms with Crippen LogP contribution < -0.4 is 14.8 Å². The monoisotopic (exact) mass is 300 g/mol. The van der Waals surface area contributed by atoms with Crippen molar-refractivity contribution in [2.75, 3.05) is 25.6 Å². The van der Waals surface area contributed by atoms with Crippen molar-refractivity contribution in [3.8, 4) is 11.6 Å². The van der Waals surface area contributed by atoms with Crippen LogP contribution in [0.25, 0.3) is 0 Å². The van der Waals surface area contributed by atoms with Crippen LogP contribution in [0.4, 0.5) is 5.69 Å². The van der Waals surface area contributed by atoms with Crippen molar-refractivity contribution < 1.29 is 14.2 Å². The molecule has 2 heterocycles. The lowest BCUT2D eigenvalue weighted by Gasteiger charge is -2.16. The van der Waals surface area contributed by atoms with Crippen molar-refractivity contribution >= 4 is 5.69 Å². The highest BCUT2D eigenvalue weighted by molar-refractivity contribution is 5.56. The summed E-state index contributed by atoms with van der Waals surface area (Å²) in [6, 6.07) is 11.8. The first-order valence-corrected chi connectivity index (χ1v) is 7.41. The van der Waals surface area contributed by atoms with Gasteiger partial charge in [-0.05, 0) is 17.7 Å². The Labute approximate surface area is 130 Å². The van der Waals surface area contributed by atoms with Gasteiger partial charge in [-0.3, -0.25) is 0 Å². The maximum Gasteiger partial charge on any atom is 0.212 e. The molecular weight excluding hydrogens is 280 g/mol. The summed E-state index contributed by atoms with van der Waals surface area (Å²) >= 11 is 0. The predicted molar refractivity (Wildman–Crippen MR) is 84.4 cm³/mol. The molecule has 1 unspecified atom stereocenters. The second-order valence-electron chi connectivity index (χ2n) is 5.16. The minimum absolute atomic E-state index is 0.144. The molecule has 116 valence electrons. The lowest BCUT2D eigenvalue weighted by molar-refractivity contribution is 0.142. The van der Waals surface area contributed by atoms with Crippen molar-refractivity contribution in [2.24, 2.45) is 0 Å². The first kappa shape index (κ1) is 14.7. The molecule has 0 spiro atoms. The molecule has 0 aliphatic carbocycles. The number of aromatic nitrogens is 1. The van der Waals surface area contributed by atoms with Crippen LogP contribution in [0.15, 0.2) is 42.6 Å². The molecule has 1 aromatic heterocycles. The fraction of sp³-hybridized carbons (Fsp3) is 0.353. The van der Waals surface area contributed by atoms with E-state index in [-0.39, 0.29) is 6.10 Å². The fourth-order valence-corrected chi connectivity index (χ4v) is 2.33. The van der Waals surface area contributed by atoms with Crippen molar-refractivity contribution in [3.05, 3.63) is 48.2 Å². The molecule has 1 atom stereocenters. The predicted octanol–water partition coefficient (Wildman–Crippen LogP) is 2.87. The number of para-hydroxylation sites is 2. The smallest absolute Gasteiger partial charge is 0.212 e. The van der Waals surface area contributed by atoms with E-state index >= 15 is 0 Å².